The average molecular weight is 457 g/mol. The van der Waals surface area contributed by atoms with Gasteiger partial charge in [-0.2, -0.15) is 0 Å². The van der Waals surface area contributed by atoms with Gasteiger partial charge in [0.15, 0.2) is 0 Å². The van der Waals surface area contributed by atoms with E-state index in [1.165, 1.54) is 18.1 Å². The van der Waals surface area contributed by atoms with Crippen LogP contribution >= 0.6 is 0 Å². The van der Waals surface area contributed by atoms with Crippen molar-refractivity contribution >= 4 is 21.8 Å². The SMILES string of the molecule is COc1ccc(CN2C(=O)C3CCCCC3C2=O)cc1S(=O)(=O)NCc1cccc(C)c1. The molecule has 2 unspecified atom stereocenters. The van der Waals surface area contributed by atoms with Gasteiger partial charge in [0.2, 0.25) is 21.8 Å². The van der Waals surface area contributed by atoms with Crippen LogP contribution in [0.2, 0.25) is 0 Å². The highest BCUT2D eigenvalue weighted by Crippen LogP contribution is 2.39. The normalized spacial score (nSPS) is 21.0. The molecular formula is C24H28N2O5S. The monoisotopic (exact) mass is 456 g/mol. The minimum Gasteiger partial charge on any atom is -0.495 e. The van der Waals surface area contributed by atoms with Crippen LogP contribution in [-0.4, -0.2) is 32.2 Å². The zero-order valence-corrected chi connectivity index (χ0v) is 19.2. The number of nitrogens with one attached hydrogen (secondary N) is 1. The molecule has 1 saturated carbocycles. The van der Waals surface area contributed by atoms with Gasteiger partial charge in [0, 0.05) is 6.54 Å². The Bertz CT molecular complexity index is 1120. The van der Waals surface area contributed by atoms with Crippen molar-refractivity contribution in [1.82, 2.24) is 9.62 Å². The van der Waals surface area contributed by atoms with Crippen molar-refractivity contribution in [3.05, 3.63) is 59.2 Å². The fraction of sp³-hybridized carbons (Fsp3) is 0.417. The lowest BCUT2D eigenvalue weighted by Gasteiger charge is -2.19. The Kier molecular flexibility index (Phi) is 6.35. The van der Waals surface area contributed by atoms with Crippen LogP contribution in [-0.2, 0) is 32.7 Å². The van der Waals surface area contributed by atoms with E-state index in [0.717, 1.165) is 36.8 Å². The van der Waals surface area contributed by atoms with Crippen molar-refractivity contribution in [2.24, 2.45) is 11.8 Å². The number of amides is 2. The summed E-state index contributed by atoms with van der Waals surface area (Å²) >= 11 is 0. The summed E-state index contributed by atoms with van der Waals surface area (Å²) in [5, 5.41) is 0. The van der Waals surface area contributed by atoms with Crippen molar-refractivity contribution in [3.8, 4) is 5.75 Å². The van der Waals surface area contributed by atoms with E-state index in [0.29, 0.717) is 5.56 Å². The van der Waals surface area contributed by atoms with E-state index in [9.17, 15) is 18.0 Å². The molecule has 1 aliphatic carbocycles. The Morgan fingerprint density at radius 2 is 1.69 bits per heavy atom. The van der Waals surface area contributed by atoms with Crippen LogP contribution in [0.25, 0.3) is 0 Å². The van der Waals surface area contributed by atoms with Crippen molar-refractivity contribution < 1.29 is 22.7 Å². The molecule has 1 N–H and O–H groups in total. The Morgan fingerprint density at radius 3 is 2.31 bits per heavy atom. The quantitative estimate of drug-likeness (QED) is 0.646. The number of hydrogen-bond donors (Lipinski definition) is 1. The third-order valence-electron chi connectivity index (χ3n) is 6.34. The van der Waals surface area contributed by atoms with Crippen molar-refractivity contribution in [1.29, 1.82) is 0 Å². The first-order chi connectivity index (χ1) is 15.3. The van der Waals surface area contributed by atoms with Crippen molar-refractivity contribution in [2.75, 3.05) is 7.11 Å². The highest BCUT2D eigenvalue weighted by atomic mass is 32.2. The molecule has 2 aromatic carbocycles. The standard InChI is InChI=1S/C24H28N2O5S/c1-16-6-5-7-17(12-16)14-25-32(29,30)22-13-18(10-11-21(22)31-2)15-26-23(27)19-8-3-4-9-20(19)24(26)28/h5-7,10-13,19-20,25H,3-4,8-9,14-15H2,1-2H3. The largest absolute Gasteiger partial charge is 0.495 e. The van der Waals surface area contributed by atoms with Gasteiger partial charge in [-0.15, -0.1) is 0 Å². The number of carbonyl (C=O) groups is 2. The third-order valence-corrected chi connectivity index (χ3v) is 7.76. The summed E-state index contributed by atoms with van der Waals surface area (Å²) in [5.74, 6) is -0.532. The number of nitrogens with zero attached hydrogens (tertiary/aromatic N) is 1. The molecule has 7 nitrogen and oxygen atoms in total. The average Bonchev–Trinajstić information content (AvgIpc) is 3.03. The molecule has 2 fully saturated rings. The molecule has 32 heavy (non-hydrogen) atoms. The number of benzene rings is 2. The summed E-state index contributed by atoms with van der Waals surface area (Å²) < 4.78 is 34.0. The van der Waals surface area contributed by atoms with Gasteiger partial charge in [-0.3, -0.25) is 14.5 Å². The van der Waals surface area contributed by atoms with Crippen molar-refractivity contribution in [3.63, 3.8) is 0 Å². The van der Waals surface area contributed by atoms with Crippen LogP contribution in [0, 0.1) is 18.8 Å². The molecule has 0 radical (unpaired) electrons. The lowest BCUT2D eigenvalue weighted by Crippen LogP contribution is -2.30. The molecule has 4 rings (SSSR count). The lowest BCUT2D eigenvalue weighted by molar-refractivity contribution is -0.140. The summed E-state index contributed by atoms with van der Waals surface area (Å²) in [6.07, 6.45) is 3.42. The van der Waals surface area contributed by atoms with Gasteiger partial charge in [0.25, 0.3) is 0 Å². The summed E-state index contributed by atoms with van der Waals surface area (Å²) in [4.78, 5) is 26.9. The predicted octanol–water partition coefficient (Wildman–Crippen LogP) is 3.16. The fourth-order valence-electron chi connectivity index (χ4n) is 4.68. The molecule has 1 saturated heterocycles. The highest BCUT2D eigenvalue weighted by Gasteiger charge is 2.47. The first-order valence-corrected chi connectivity index (χ1v) is 12.4. The summed E-state index contributed by atoms with van der Waals surface area (Å²) in [6, 6.07) is 12.3. The molecule has 0 spiro atoms. The maximum absolute atomic E-state index is 13.1. The van der Waals surface area contributed by atoms with Gasteiger partial charge in [0.1, 0.15) is 10.6 Å². The van der Waals surface area contributed by atoms with E-state index < -0.39 is 10.0 Å². The Morgan fingerprint density at radius 1 is 1.00 bits per heavy atom. The summed E-state index contributed by atoms with van der Waals surface area (Å²) in [6.45, 7) is 2.15. The second-order valence-electron chi connectivity index (χ2n) is 8.56. The van der Waals surface area contributed by atoms with E-state index >= 15 is 0 Å². The second-order valence-corrected chi connectivity index (χ2v) is 10.3. The van der Waals surface area contributed by atoms with Crippen LogP contribution in [0.4, 0.5) is 0 Å². The van der Waals surface area contributed by atoms with Gasteiger partial charge < -0.3 is 4.74 Å². The van der Waals surface area contributed by atoms with Crippen molar-refractivity contribution in [2.45, 2.75) is 50.6 Å². The maximum atomic E-state index is 13.1. The minimum atomic E-state index is -3.88. The molecule has 8 heteroatoms. The van der Waals surface area contributed by atoms with E-state index in [1.807, 2.05) is 31.2 Å². The smallest absolute Gasteiger partial charge is 0.244 e. The predicted molar refractivity (Wildman–Crippen MR) is 119 cm³/mol. The Labute approximate surface area is 188 Å². The van der Waals surface area contributed by atoms with Gasteiger partial charge in [-0.1, -0.05) is 48.7 Å². The van der Waals surface area contributed by atoms with Gasteiger partial charge in [0.05, 0.1) is 25.5 Å². The molecule has 2 aromatic rings. The Balaban J connectivity index is 1.56. The van der Waals surface area contributed by atoms with E-state index in [1.54, 1.807) is 12.1 Å². The number of aryl methyl sites for hydroxylation is 1. The second kappa shape index (κ2) is 9.03. The molecule has 2 amide bonds. The number of rotatable bonds is 7. The molecule has 170 valence electrons. The minimum absolute atomic E-state index is 0.0123. The van der Waals surface area contributed by atoms with E-state index in [4.69, 9.17) is 4.74 Å². The molecule has 1 aliphatic heterocycles. The molecule has 2 atom stereocenters. The van der Waals surface area contributed by atoms with Gasteiger partial charge >= 0.3 is 0 Å². The number of likely N-dealkylation sites (tertiary alicyclic amines) is 1. The highest BCUT2D eigenvalue weighted by molar-refractivity contribution is 7.89. The van der Waals surface area contributed by atoms with E-state index in [2.05, 4.69) is 4.72 Å². The van der Waals surface area contributed by atoms with Gasteiger partial charge in [-0.05, 0) is 43.0 Å². The first kappa shape index (κ1) is 22.5. The summed E-state index contributed by atoms with van der Waals surface area (Å²) in [7, 11) is -2.47. The number of ether oxygens (including phenoxy) is 1. The maximum Gasteiger partial charge on any atom is 0.244 e. The lowest BCUT2D eigenvalue weighted by atomic mass is 9.81. The Hall–Kier alpha value is -2.71. The van der Waals surface area contributed by atoms with Crippen LogP contribution in [0.5, 0.6) is 5.75 Å². The van der Waals surface area contributed by atoms with Crippen LogP contribution < -0.4 is 9.46 Å². The van der Waals surface area contributed by atoms with Crippen LogP contribution in [0.1, 0.15) is 42.4 Å². The number of fused-ring (bicyclic) bond motifs is 1. The topological polar surface area (TPSA) is 92.8 Å². The number of imide groups is 1. The molecular weight excluding hydrogens is 428 g/mol. The number of methoxy groups -OCH3 is 1. The van der Waals surface area contributed by atoms with Gasteiger partial charge in [-0.25, -0.2) is 13.1 Å². The molecule has 1 heterocycles. The van der Waals surface area contributed by atoms with Crippen LogP contribution in [0.15, 0.2) is 47.4 Å². The zero-order chi connectivity index (χ0) is 22.9. The van der Waals surface area contributed by atoms with E-state index in [-0.39, 0.29) is 47.4 Å². The fourth-order valence-corrected chi connectivity index (χ4v) is 5.91. The number of hydrogen-bond acceptors (Lipinski definition) is 5. The molecule has 2 aliphatic rings. The first-order valence-electron chi connectivity index (χ1n) is 10.9. The zero-order valence-electron chi connectivity index (χ0n) is 18.3. The number of sulfonamides is 1. The third kappa shape index (κ3) is 4.42. The summed E-state index contributed by atoms with van der Waals surface area (Å²) in [5.41, 5.74) is 2.46. The van der Waals surface area contributed by atoms with Crippen LogP contribution in [0.3, 0.4) is 0 Å². The molecule has 0 bridgehead atoms. The molecule has 0 aromatic heterocycles. The number of carbonyl (C=O) groups excluding carboxylic acids is 2.